The summed E-state index contributed by atoms with van der Waals surface area (Å²) in [5.41, 5.74) is 3.61. The van der Waals surface area contributed by atoms with Crippen LogP contribution in [0.1, 0.15) is 16.7 Å². The van der Waals surface area contributed by atoms with E-state index < -0.39 is 0 Å². The van der Waals surface area contributed by atoms with Crippen LogP contribution >= 0.6 is 23.2 Å². The Labute approximate surface area is 136 Å². The van der Waals surface area contributed by atoms with Crippen molar-refractivity contribution in [1.82, 2.24) is 0 Å². The molecule has 0 aliphatic rings. The number of aryl methyl sites for hydroxylation is 1. The fourth-order valence-corrected chi connectivity index (χ4v) is 2.82. The second kappa shape index (κ2) is 7.69. The molecule has 0 amide bonds. The second-order valence-corrected chi connectivity index (χ2v) is 5.91. The summed E-state index contributed by atoms with van der Waals surface area (Å²) in [4.78, 5) is 0. The average molecular weight is 325 g/mol. The van der Waals surface area contributed by atoms with Crippen LogP contribution in [0.4, 0.5) is 0 Å². The Bertz CT molecular complexity index is 614. The van der Waals surface area contributed by atoms with Gasteiger partial charge in [0, 0.05) is 22.0 Å². The molecule has 0 heterocycles. The zero-order valence-electron chi connectivity index (χ0n) is 12.3. The molecule has 0 saturated heterocycles. The van der Waals surface area contributed by atoms with Crippen molar-refractivity contribution in [2.24, 2.45) is 0 Å². The molecule has 0 fully saturated rings. The molecule has 2 aromatic rings. The molecule has 0 bridgehead atoms. The SMILES string of the molecule is COc1ccc(C[NH2+]CCc2ccc(Cl)cc2Cl)cc1C. The highest BCUT2D eigenvalue weighted by atomic mass is 35.5. The highest BCUT2D eigenvalue weighted by Crippen LogP contribution is 2.21. The Morgan fingerprint density at radius 3 is 2.57 bits per heavy atom. The molecule has 0 unspecified atom stereocenters. The van der Waals surface area contributed by atoms with Gasteiger partial charge in [0.15, 0.2) is 0 Å². The number of quaternary nitrogens is 1. The van der Waals surface area contributed by atoms with E-state index in [1.165, 1.54) is 11.1 Å². The Morgan fingerprint density at radius 1 is 1.10 bits per heavy atom. The van der Waals surface area contributed by atoms with Gasteiger partial charge in [-0.05, 0) is 48.4 Å². The average Bonchev–Trinajstić information content (AvgIpc) is 2.45. The summed E-state index contributed by atoms with van der Waals surface area (Å²) >= 11 is 12.1. The van der Waals surface area contributed by atoms with E-state index in [0.29, 0.717) is 5.02 Å². The third-order valence-electron chi connectivity index (χ3n) is 3.47. The molecule has 0 radical (unpaired) electrons. The lowest BCUT2D eigenvalue weighted by Crippen LogP contribution is -2.83. The molecular formula is C17H20Cl2NO+. The maximum Gasteiger partial charge on any atom is 0.121 e. The molecule has 21 heavy (non-hydrogen) atoms. The molecule has 112 valence electrons. The van der Waals surface area contributed by atoms with Crippen LogP contribution in [0.15, 0.2) is 36.4 Å². The van der Waals surface area contributed by atoms with Crippen LogP contribution in [0, 0.1) is 6.92 Å². The van der Waals surface area contributed by atoms with Gasteiger partial charge in [-0.1, -0.05) is 29.3 Å². The van der Waals surface area contributed by atoms with Gasteiger partial charge < -0.3 is 10.1 Å². The Morgan fingerprint density at radius 2 is 1.90 bits per heavy atom. The molecular weight excluding hydrogens is 305 g/mol. The van der Waals surface area contributed by atoms with Crippen molar-refractivity contribution in [2.45, 2.75) is 19.9 Å². The van der Waals surface area contributed by atoms with Gasteiger partial charge in [-0.25, -0.2) is 0 Å². The van der Waals surface area contributed by atoms with Crippen LogP contribution in [0.2, 0.25) is 10.0 Å². The topological polar surface area (TPSA) is 25.8 Å². The highest BCUT2D eigenvalue weighted by Gasteiger charge is 2.04. The first-order chi connectivity index (χ1) is 10.1. The molecule has 4 heteroatoms. The molecule has 0 saturated carbocycles. The lowest BCUT2D eigenvalue weighted by atomic mass is 10.1. The Hall–Kier alpha value is -1.22. The van der Waals surface area contributed by atoms with E-state index in [2.05, 4.69) is 24.4 Å². The fourth-order valence-electron chi connectivity index (χ4n) is 2.32. The third-order valence-corrected chi connectivity index (χ3v) is 4.06. The minimum atomic E-state index is 0.682. The lowest BCUT2D eigenvalue weighted by molar-refractivity contribution is -0.670. The van der Waals surface area contributed by atoms with Gasteiger partial charge in [0.2, 0.25) is 0 Å². The van der Waals surface area contributed by atoms with Crippen molar-refractivity contribution in [3.63, 3.8) is 0 Å². The lowest BCUT2D eigenvalue weighted by Gasteiger charge is -2.07. The van der Waals surface area contributed by atoms with Gasteiger partial charge in [-0.15, -0.1) is 0 Å². The van der Waals surface area contributed by atoms with Gasteiger partial charge >= 0.3 is 0 Å². The number of hydrogen-bond donors (Lipinski definition) is 1. The van der Waals surface area contributed by atoms with Gasteiger partial charge in [-0.3, -0.25) is 0 Å². The minimum Gasteiger partial charge on any atom is -0.496 e. The van der Waals surface area contributed by atoms with Crippen molar-refractivity contribution in [3.8, 4) is 5.75 Å². The van der Waals surface area contributed by atoms with E-state index in [9.17, 15) is 0 Å². The van der Waals surface area contributed by atoms with Crippen LogP contribution in [0.3, 0.4) is 0 Å². The van der Waals surface area contributed by atoms with E-state index in [1.54, 1.807) is 13.2 Å². The molecule has 2 nitrogen and oxygen atoms in total. The normalized spacial score (nSPS) is 10.7. The summed E-state index contributed by atoms with van der Waals surface area (Å²) in [5, 5.41) is 3.71. The van der Waals surface area contributed by atoms with Crippen molar-refractivity contribution < 1.29 is 10.1 Å². The predicted octanol–water partition coefficient (Wildman–Crippen LogP) is 3.62. The number of hydrogen-bond acceptors (Lipinski definition) is 1. The summed E-state index contributed by atoms with van der Waals surface area (Å²) in [6, 6.07) is 12.0. The highest BCUT2D eigenvalue weighted by molar-refractivity contribution is 6.35. The predicted molar refractivity (Wildman–Crippen MR) is 88.4 cm³/mol. The third kappa shape index (κ3) is 4.63. The summed E-state index contributed by atoms with van der Waals surface area (Å²) < 4.78 is 5.27. The number of methoxy groups -OCH3 is 1. The van der Waals surface area contributed by atoms with E-state index >= 15 is 0 Å². The summed E-state index contributed by atoms with van der Waals surface area (Å²) in [6.07, 6.45) is 0.936. The van der Waals surface area contributed by atoms with Crippen LogP contribution in [0.25, 0.3) is 0 Å². The van der Waals surface area contributed by atoms with Crippen molar-refractivity contribution >= 4 is 23.2 Å². The van der Waals surface area contributed by atoms with Gasteiger partial charge in [0.1, 0.15) is 12.3 Å². The van der Waals surface area contributed by atoms with E-state index in [-0.39, 0.29) is 0 Å². The van der Waals surface area contributed by atoms with Crippen LogP contribution in [-0.4, -0.2) is 13.7 Å². The Balaban J connectivity index is 1.83. The largest absolute Gasteiger partial charge is 0.496 e. The molecule has 0 aliphatic heterocycles. The standard InChI is InChI=1S/C17H19Cl2NO/c1-12-9-13(3-6-17(12)21-2)11-20-8-7-14-4-5-15(18)10-16(14)19/h3-6,9-10,20H,7-8,11H2,1-2H3/p+1. The van der Waals surface area contributed by atoms with Crippen LogP contribution < -0.4 is 10.1 Å². The molecule has 0 atom stereocenters. The Kier molecular flexibility index (Phi) is 5.92. The van der Waals surface area contributed by atoms with E-state index in [4.69, 9.17) is 27.9 Å². The minimum absolute atomic E-state index is 0.682. The number of halogens is 2. The maximum atomic E-state index is 6.17. The number of ether oxygens (including phenoxy) is 1. The first kappa shape index (κ1) is 16.2. The molecule has 0 aromatic heterocycles. The van der Waals surface area contributed by atoms with Gasteiger partial charge in [-0.2, -0.15) is 0 Å². The molecule has 0 spiro atoms. The molecule has 2 N–H and O–H groups in total. The number of nitrogens with two attached hydrogens (primary N) is 1. The van der Waals surface area contributed by atoms with Gasteiger partial charge in [0.25, 0.3) is 0 Å². The number of benzene rings is 2. The fraction of sp³-hybridized carbons (Fsp3) is 0.294. The smallest absolute Gasteiger partial charge is 0.121 e. The van der Waals surface area contributed by atoms with Crippen molar-refractivity contribution in [1.29, 1.82) is 0 Å². The first-order valence-electron chi connectivity index (χ1n) is 6.99. The summed E-state index contributed by atoms with van der Waals surface area (Å²) in [5.74, 6) is 0.937. The molecule has 0 aliphatic carbocycles. The molecule has 2 aromatic carbocycles. The zero-order valence-corrected chi connectivity index (χ0v) is 13.8. The first-order valence-corrected chi connectivity index (χ1v) is 7.75. The van der Waals surface area contributed by atoms with E-state index in [1.807, 2.05) is 18.2 Å². The second-order valence-electron chi connectivity index (χ2n) is 5.07. The zero-order chi connectivity index (χ0) is 15.2. The maximum absolute atomic E-state index is 6.17. The molecule has 2 rings (SSSR count). The summed E-state index contributed by atoms with van der Waals surface area (Å²) in [7, 11) is 1.70. The monoisotopic (exact) mass is 324 g/mol. The van der Waals surface area contributed by atoms with Crippen LogP contribution in [-0.2, 0) is 13.0 Å². The van der Waals surface area contributed by atoms with Gasteiger partial charge in [0.05, 0.1) is 13.7 Å². The van der Waals surface area contributed by atoms with Crippen molar-refractivity contribution in [2.75, 3.05) is 13.7 Å². The van der Waals surface area contributed by atoms with Crippen molar-refractivity contribution in [3.05, 3.63) is 63.1 Å². The number of rotatable bonds is 6. The van der Waals surface area contributed by atoms with E-state index in [0.717, 1.165) is 35.8 Å². The summed E-state index contributed by atoms with van der Waals surface area (Å²) in [6.45, 7) is 4.01. The van der Waals surface area contributed by atoms with Crippen LogP contribution in [0.5, 0.6) is 5.75 Å². The quantitative estimate of drug-likeness (QED) is 0.807.